The molecular weight excluding hydrogens is 458 g/mol. The maximum Gasteiger partial charge on any atom is 0.248 e. The number of aromatic nitrogens is 1. The SMILES string of the molecule is CCCOc1ccc(/C=C/C(=O)N2CCCN(S(=O)(=O)c3c(C)noc3C)CC2)cc1OCC. The van der Waals surface area contributed by atoms with Crippen molar-refractivity contribution in [2.75, 3.05) is 39.4 Å². The second kappa shape index (κ2) is 11.5. The van der Waals surface area contributed by atoms with Gasteiger partial charge >= 0.3 is 0 Å². The van der Waals surface area contributed by atoms with E-state index in [2.05, 4.69) is 5.16 Å². The highest BCUT2D eigenvalue weighted by atomic mass is 32.2. The zero-order valence-corrected chi connectivity index (χ0v) is 21.1. The lowest BCUT2D eigenvalue weighted by molar-refractivity contribution is -0.125. The third kappa shape index (κ3) is 5.98. The average Bonchev–Trinajstić information content (AvgIpc) is 3.00. The standard InChI is InChI=1S/C24H33N3O6S/c1-5-16-32-21-10-8-20(17-22(21)31-6-2)9-11-23(28)26-12-7-13-27(15-14-26)34(29,30)24-18(3)25-33-19(24)4/h8-11,17H,5-7,12-16H2,1-4H3/b11-9+. The predicted molar refractivity (Wildman–Crippen MR) is 128 cm³/mol. The van der Waals surface area contributed by atoms with Crippen molar-refractivity contribution in [2.45, 2.75) is 45.4 Å². The lowest BCUT2D eigenvalue weighted by Crippen LogP contribution is -2.37. The van der Waals surface area contributed by atoms with Gasteiger partial charge in [0.15, 0.2) is 17.3 Å². The van der Waals surface area contributed by atoms with Crippen molar-refractivity contribution >= 4 is 22.0 Å². The van der Waals surface area contributed by atoms with Crippen LogP contribution in [0.2, 0.25) is 0 Å². The van der Waals surface area contributed by atoms with Crippen LogP contribution in [0.15, 0.2) is 33.7 Å². The maximum atomic E-state index is 13.1. The normalized spacial score (nSPS) is 15.5. The predicted octanol–water partition coefficient (Wildman–Crippen LogP) is 3.42. The van der Waals surface area contributed by atoms with Crippen LogP contribution in [0.4, 0.5) is 0 Å². The molecule has 0 saturated carbocycles. The summed E-state index contributed by atoms with van der Waals surface area (Å²) in [5.41, 5.74) is 1.16. The molecule has 2 aromatic rings. The molecule has 2 heterocycles. The van der Waals surface area contributed by atoms with E-state index >= 15 is 0 Å². The van der Waals surface area contributed by atoms with Crippen LogP contribution in [0.25, 0.3) is 6.08 Å². The van der Waals surface area contributed by atoms with E-state index in [1.54, 1.807) is 24.8 Å². The topological polar surface area (TPSA) is 102 Å². The zero-order chi connectivity index (χ0) is 24.7. The molecule has 0 aliphatic carbocycles. The number of rotatable bonds is 9. The smallest absolute Gasteiger partial charge is 0.248 e. The van der Waals surface area contributed by atoms with E-state index in [4.69, 9.17) is 14.0 Å². The van der Waals surface area contributed by atoms with Gasteiger partial charge in [-0.25, -0.2) is 8.42 Å². The molecule has 34 heavy (non-hydrogen) atoms. The molecule has 1 fully saturated rings. The van der Waals surface area contributed by atoms with Gasteiger partial charge < -0.3 is 18.9 Å². The van der Waals surface area contributed by atoms with E-state index in [0.717, 1.165) is 12.0 Å². The molecule has 1 amide bonds. The molecule has 0 bridgehead atoms. The lowest BCUT2D eigenvalue weighted by atomic mass is 10.2. The first-order valence-electron chi connectivity index (χ1n) is 11.6. The van der Waals surface area contributed by atoms with Gasteiger partial charge in [0.2, 0.25) is 15.9 Å². The van der Waals surface area contributed by atoms with Crippen LogP contribution in [-0.2, 0) is 14.8 Å². The van der Waals surface area contributed by atoms with Gasteiger partial charge in [0.25, 0.3) is 0 Å². The first-order chi connectivity index (χ1) is 16.3. The molecule has 1 saturated heterocycles. The van der Waals surface area contributed by atoms with Crippen molar-refractivity contribution in [1.82, 2.24) is 14.4 Å². The lowest BCUT2D eigenvalue weighted by Gasteiger charge is -2.21. The number of hydrogen-bond acceptors (Lipinski definition) is 7. The van der Waals surface area contributed by atoms with E-state index < -0.39 is 10.0 Å². The summed E-state index contributed by atoms with van der Waals surface area (Å²) in [5.74, 6) is 1.43. The van der Waals surface area contributed by atoms with Gasteiger partial charge in [-0.2, -0.15) is 4.31 Å². The second-order valence-electron chi connectivity index (χ2n) is 8.06. The van der Waals surface area contributed by atoms with E-state index in [0.29, 0.717) is 56.5 Å². The highest BCUT2D eigenvalue weighted by Gasteiger charge is 2.32. The van der Waals surface area contributed by atoms with Gasteiger partial charge in [-0.3, -0.25) is 4.79 Å². The molecule has 0 N–H and O–H groups in total. The Morgan fingerprint density at radius 1 is 1.12 bits per heavy atom. The van der Waals surface area contributed by atoms with Crippen LogP contribution in [0.5, 0.6) is 11.5 Å². The van der Waals surface area contributed by atoms with Crippen molar-refractivity contribution in [3.63, 3.8) is 0 Å². The summed E-state index contributed by atoms with van der Waals surface area (Å²) >= 11 is 0. The van der Waals surface area contributed by atoms with Crippen molar-refractivity contribution in [3.05, 3.63) is 41.3 Å². The number of benzene rings is 1. The van der Waals surface area contributed by atoms with E-state index in [-0.39, 0.29) is 23.1 Å². The number of ether oxygens (including phenoxy) is 2. The molecule has 1 aromatic carbocycles. The van der Waals surface area contributed by atoms with Crippen LogP contribution in [0.3, 0.4) is 0 Å². The van der Waals surface area contributed by atoms with Gasteiger partial charge in [-0.15, -0.1) is 0 Å². The maximum absolute atomic E-state index is 13.1. The number of carbonyl (C=O) groups is 1. The molecule has 1 aliphatic rings. The number of carbonyl (C=O) groups excluding carboxylic acids is 1. The molecule has 10 heteroatoms. The van der Waals surface area contributed by atoms with E-state index in [1.807, 2.05) is 32.0 Å². The monoisotopic (exact) mass is 491 g/mol. The molecule has 1 aromatic heterocycles. The number of nitrogens with zero attached hydrogens (tertiary/aromatic N) is 3. The largest absolute Gasteiger partial charge is 0.490 e. The molecule has 0 unspecified atom stereocenters. The van der Waals surface area contributed by atoms with Crippen LogP contribution >= 0.6 is 0 Å². The molecule has 0 atom stereocenters. The van der Waals surface area contributed by atoms with Crippen molar-refractivity contribution < 1.29 is 27.2 Å². The molecule has 3 rings (SSSR count). The number of aryl methyl sites for hydroxylation is 2. The highest BCUT2D eigenvalue weighted by molar-refractivity contribution is 7.89. The minimum atomic E-state index is -3.73. The Morgan fingerprint density at radius 3 is 2.59 bits per heavy atom. The van der Waals surface area contributed by atoms with Crippen molar-refractivity contribution in [2.24, 2.45) is 0 Å². The third-order valence-corrected chi connectivity index (χ3v) is 7.62. The Bertz CT molecular complexity index is 1110. The summed E-state index contributed by atoms with van der Waals surface area (Å²) in [6.45, 7) is 9.58. The first kappa shape index (κ1) is 25.8. The molecule has 0 radical (unpaired) electrons. The third-order valence-electron chi connectivity index (χ3n) is 5.48. The van der Waals surface area contributed by atoms with E-state index in [1.165, 1.54) is 10.4 Å². The minimum Gasteiger partial charge on any atom is -0.490 e. The van der Waals surface area contributed by atoms with Gasteiger partial charge in [-0.05, 0) is 57.4 Å². The Morgan fingerprint density at radius 2 is 1.91 bits per heavy atom. The fraction of sp³-hybridized carbons (Fsp3) is 0.500. The van der Waals surface area contributed by atoms with Crippen LogP contribution < -0.4 is 9.47 Å². The quantitative estimate of drug-likeness (QED) is 0.495. The van der Waals surface area contributed by atoms with Crippen LogP contribution in [-0.4, -0.2) is 68.1 Å². The number of amides is 1. The minimum absolute atomic E-state index is 0.114. The first-order valence-corrected chi connectivity index (χ1v) is 13.0. The van der Waals surface area contributed by atoms with Gasteiger partial charge in [-0.1, -0.05) is 18.1 Å². The Labute approximate surface area is 201 Å². The summed E-state index contributed by atoms with van der Waals surface area (Å²) in [7, 11) is -3.73. The van der Waals surface area contributed by atoms with E-state index in [9.17, 15) is 13.2 Å². The molecule has 186 valence electrons. The zero-order valence-electron chi connectivity index (χ0n) is 20.2. The second-order valence-corrected chi connectivity index (χ2v) is 9.93. The fourth-order valence-electron chi connectivity index (χ4n) is 3.83. The Kier molecular flexibility index (Phi) is 8.73. The summed E-state index contributed by atoms with van der Waals surface area (Å²) < 4.78 is 44.0. The summed E-state index contributed by atoms with van der Waals surface area (Å²) in [6.07, 6.45) is 4.68. The van der Waals surface area contributed by atoms with Crippen LogP contribution in [0.1, 0.15) is 43.7 Å². The Hall–Kier alpha value is -2.85. The van der Waals surface area contributed by atoms with Gasteiger partial charge in [0.1, 0.15) is 10.6 Å². The molecular formula is C24H33N3O6S. The summed E-state index contributed by atoms with van der Waals surface area (Å²) in [4.78, 5) is 14.6. The fourth-order valence-corrected chi connectivity index (χ4v) is 5.59. The average molecular weight is 492 g/mol. The number of hydrogen-bond donors (Lipinski definition) is 0. The summed E-state index contributed by atoms with van der Waals surface area (Å²) in [5, 5.41) is 3.76. The summed E-state index contributed by atoms with van der Waals surface area (Å²) in [6, 6.07) is 5.56. The molecule has 1 aliphatic heterocycles. The molecule has 0 spiro atoms. The molecule has 9 nitrogen and oxygen atoms in total. The van der Waals surface area contributed by atoms with Crippen molar-refractivity contribution in [1.29, 1.82) is 0 Å². The Balaban J connectivity index is 1.67. The highest BCUT2D eigenvalue weighted by Crippen LogP contribution is 2.29. The van der Waals surface area contributed by atoms with Crippen molar-refractivity contribution in [3.8, 4) is 11.5 Å². The number of sulfonamides is 1. The van der Waals surface area contributed by atoms with Crippen LogP contribution in [0, 0.1) is 13.8 Å². The van der Waals surface area contributed by atoms with Gasteiger partial charge in [0.05, 0.1) is 13.2 Å². The van der Waals surface area contributed by atoms with Gasteiger partial charge in [0, 0.05) is 32.3 Å².